The Hall–Kier alpha value is -0.120. The molecule has 0 spiro atoms. The lowest BCUT2D eigenvalue weighted by molar-refractivity contribution is 0.0888. The lowest BCUT2D eigenvalue weighted by Gasteiger charge is -2.35. The van der Waals surface area contributed by atoms with Gasteiger partial charge in [-0.1, -0.05) is 13.8 Å². The summed E-state index contributed by atoms with van der Waals surface area (Å²) in [6.07, 6.45) is 0. The minimum atomic E-state index is -0.0608. The van der Waals surface area contributed by atoms with Gasteiger partial charge in [-0.25, -0.2) is 0 Å². The molecule has 68 valence electrons. The molecule has 0 bridgehead atoms. The highest BCUT2D eigenvalue weighted by Gasteiger charge is 2.30. The number of nitrogens with two attached hydrogens (primary N) is 1. The van der Waals surface area contributed by atoms with Crippen molar-refractivity contribution in [1.29, 1.82) is 0 Å². The van der Waals surface area contributed by atoms with Crippen LogP contribution < -0.4 is 11.1 Å². The highest BCUT2D eigenvalue weighted by molar-refractivity contribution is 4.90. The van der Waals surface area contributed by atoms with E-state index in [1.54, 1.807) is 7.11 Å². The minimum absolute atomic E-state index is 0.0608. The molecule has 0 aromatic rings. The number of ether oxygens (including phenoxy) is 1. The largest absolute Gasteiger partial charge is 0.383 e. The summed E-state index contributed by atoms with van der Waals surface area (Å²) < 4.78 is 5.11. The number of hydrogen-bond acceptors (Lipinski definition) is 3. The van der Waals surface area contributed by atoms with Crippen LogP contribution in [0.25, 0.3) is 0 Å². The Bertz CT molecular complexity index is 100. The molecule has 0 heterocycles. The summed E-state index contributed by atoms with van der Waals surface area (Å²) >= 11 is 0. The Balaban J connectivity index is 4.20. The zero-order chi connectivity index (χ0) is 8.91. The van der Waals surface area contributed by atoms with Crippen molar-refractivity contribution < 1.29 is 4.74 Å². The molecule has 0 aliphatic rings. The molecule has 0 rings (SSSR count). The monoisotopic (exact) mass is 160 g/mol. The number of nitrogens with one attached hydrogen (secondary N) is 1. The van der Waals surface area contributed by atoms with Gasteiger partial charge in [-0.05, 0) is 13.0 Å². The molecule has 0 saturated heterocycles. The fraction of sp³-hybridized carbons (Fsp3) is 1.00. The zero-order valence-electron chi connectivity index (χ0n) is 7.98. The summed E-state index contributed by atoms with van der Waals surface area (Å²) in [4.78, 5) is 0. The number of likely N-dealkylation sites (N-methyl/N-ethyl adjacent to an activating group) is 1. The molecule has 11 heavy (non-hydrogen) atoms. The first-order valence-electron chi connectivity index (χ1n) is 4.01. The van der Waals surface area contributed by atoms with Gasteiger partial charge in [-0.2, -0.15) is 0 Å². The first kappa shape index (κ1) is 10.9. The topological polar surface area (TPSA) is 47.3 Å². The fourth-order valence-corrected chi connectivity index (χ4v) is 1.18. The van der Waals surface area contributed by atoms with Crippen LogP contribution in [-0.4, -0.2) is 32.8 Å². The van der Waals surface area contributed by atoms with Crippen LogP contribution in [0.1, 0.15) is 13.8 Å². The van der Waals surface area contributed by atoms with E-state index in [0.717, 1.165) is 0 Å². The van der Waals surface area contributed by atoms with E-state index in [2.05, 4.69) is 19.2 Å². The summed E-state index contributed by atoms with van der Waals surface area (Å²) in [5.41, 5.74) is 5.60. The van der Waals surface area contributed by atoms with Crippen LogP contribution in [0.3, 0.4) is 0 Å². The molecule has 1 unspecified atom stereocenters. The van der Waals surface area contributed by atoms with E-state index in [-0.39, 0.29) is 5.54 Å². The molecule has 0 fully saturated rings. The SMILES string of the molecule is CNC(CN)(COC)C(C)C. The van der Waals surface area contributed by atoms with Gasteiger partial charge in [0.1, 0.15) is 0 Å². The van der Waals surface area contributed by atoms with Gasteiger partial charge >= 0.3 is 0 Å². The molecule has 0 radical (unpaired) electrons. The van der Waals surface area contributed by atoms with Crippen molar-refractivity contribution in [1.82, 2.24) is 5.32 Å². The predicted octanol–water partition coefficient (Wildman–Crippen LogP) is 0.206. The second-order valence-corrected chi connectivity index (χ2v) is 3.20. The maximum absolute atomic E-state index is 5.66. The van der Waals surface area contributed by atoms with Crippen LogP contribution in [0.2, 0.25) is 0 Å². The van der Waals surface area contributed by atoms with E-state index in [1.165, 1.54) is 0 Å². The second-order valence-electron chi connectivity index (χ2n) is 3.20. The highest BCUT2D eigenvalue weighted by Crippen LogP contribution is 2.15. The van der Waals surface area contributed by atoms with E-state index in [9.17, 15) is 0 Å². The number of methoxy groups -OCH3 is 1. The van der Waals surface area contributed by atoms with Gasteiger partial charge in [0.15, 0.2) is 0 Å². The Morgan fingerprint density at radius 3 is 2.18 bits per heavy atom. The molecule has 1 atom stereocenters. The van der Waals surface area contributed by atoms with Crippen LogP contribution in [-0.2, 0) is 4.74 Å². The molecule has 3 heteroatoms. The predicted molar refractivity (Wildman–Crippen MR) is 47.6 cm³/mol. The summed E-state index contributed by atoms with van der Waals surface area (Å²) in [7, 11) is 3.62. The maximum atomic E-state index is 5.66. The van der Waals surface area contributed by atoms with Gasteiger partial charge in [0.25, 0.3) is 0 Å². The third kappa shape index (κ3) is 2.43. The van der Waals surface area contributed by atoms with Crippen LogP contribution in [0.15, 0.2) is 0 Å². The van der Waals surface area contributed by atoms with Crippen molar-refractivity contribution in [2.45, 2.75) is 19.4 Å². The molecular formula is C8H20N2O. The van der Waals surface area contributed by atoms with Gasteiger partial charge in [-0.15, -0.1) is 0 Å². The summed E-state index contributed by atoms with van der Waals surface area (Å²) in [5, 5.41) is 3.22. The third-order valence-electron chi connectivity index (χ3n) is 2.37. The van der Waals surface area contributed by atoms with E-state index in [1.807, 2.05) is 7.05 Å². The quantitative estimate of drug-likeness (QED) is 0.604. The standard InChI is InChI=1S/C8H20N2O/c1-7(2)8(5-9,10-3)6-11-4/h7,10H,5-6,9H2,1-4H3. The lowest BCUT2D eigenvalue weighted by Crippen LogP contribution is -2.56. The molecule has 0 amide bonds. The first-order chi connectivity index (χ1) is 5.13. The first-order valence-corrected chi connectivity index (χ1v) is 4.01. The molecule has 0 saturated carbocycles. The fourth-order valence-electron chi connectivity index (χ4n) is 1.18. The van der Waals surface area contributed by atoms with Crippen LogP contribution >= 0.6 is 0 Å². The minimum Gasteiger partial charge on any atom is -0.383 e. The van der Waals surface area contributed by atoms with Crippen molar-refractivity contribution in [3.05, 3.63) is 0 Å². The average Bonchev–Trinajstić information content (AvgIpc) is 2.00. The van der Waals surface area contributed by atoms with Crippen LogP contribution in [0.4, 0.5) is 0 Å². The van der Waals surface area contributed by atoms with E-state index < -0.39 is 0 Å². The van der Waals surface area contributed by atoms with Crippen LogP contribution in [0.5, 0.6) is 0 Å². The summed E-state index contributed by atoms with van der Waals surface area (Å²) in [6.45, 7) is 5.55. The second kappa shape index (κ2) is 4.70. The van der Waals surface area contributed by atoms with Crippen molar-refractivity contribution in [3.8, 4) is 0 Å². The van der Waals surface area contributed by atoms with Crippen LogP contribution in [0, 0.1) is 5.92 Å². The number of rotatable bonds is 5. The highest BCUT2D eigenvalue weighted by atomic mass is 16.5. The summed E-state index contributed by atoms with van der Waals surface area (Å²) in [5.74, 6) is 0.484. The normalized spacial score (nSPS) is 16.9. The van der Waals surface area contributed by atoms with Gasteiger partial charge in [0.2, 0.25) is 0 Å². The molecule has 3 N–H and O–H groups in total. The van der Waals surface area contributed by atoms with Crippen molar-refractivity contribution in [2.75, 3.05) is 27.3 Å². The van der Waals surface area contributed by atoms with E-state index in [4.69, 9.17) is 10.5 Å². The van der Waals surface area contributed by atoms with Crippen molar-refractivity contribution in [3.63, 3.8) is 0 Å². The Labute approximate surface area is 69.3 Å². The van der Waals surface area contributed by atoms with Gasteiger partial charge in [0, 0.05) is 13.7 Å². The summed E-state index contributed by atoms with van der Waals surface area (Å²) in [6, 6.07) is 0. The molecule has 0 aromatic heterocycles. The maximum Gasteiger partial charge on any atom is 0.0659 e. The number of hydrogen-bond donors (Lipinski definition) is 2. The smallest absolute Gasteiger partial charge is 0.0659 e. The molecular weight excluding hydrogens is 140 g/mol. The van der Waals surface area contributed by atoms with Crippen molar-refractivity contribution in [2.24, 2.45) is 11.7 Å². The Kier molecular flexibility index (Phi) is 4.65. The molecule has 0 aliphatic heterocycles. The molecule has 0 aliphatic carbocycles. The van der Waals surface area contributed by atoms with E-state index >= 15 is 0 Å². The average molecular weight is 160 g/mol. The zero-order valence-corrected chi connectivity index (χ0v) is 7.98. The van der Waals surface area contributed by atoms with Gasteiger partial charge < -0.3 is 15.8 Å². The Morgan fingerprint density at radius 2 is 2.09 bits per heavy atom. The van der Waals surface area contributed by atoms with Gasteiger partial charge in [-0.3, -0.25) is 0 Å². The Morgan fingerprint density at radius 1 is 1.55 bits per heavy atom. The van der Waals surface area contributed by atoms with E-state index in [0.29, 0.717) is 19.1 Å². The lowest BCUT2D eigenvalue weighted by atomic mass is 9.87. The molecule has 0 aromatic carbocycles. The molecule has 3 nitrogen and oxygen atoms in total. The van der Waals surface area contributed by atoms with Gasteiger partial charge in [0.05, 0.1) is 12.1 Å². The third-order valence-corrected chi connectivity index (χ3v) is 2.37. The van der Waals surface area contributed by atoms with Crippen molar-refractivity contribution >= 4 is 0 Å².